The maximum absolute atomic E-state index is 6.18. The van der Waals surface area contributed by atoms with Crippen molar-refractivity contribution in [3.05, 3.63) is 70.2 Å². The Bertz CT molecular complexity index is 750. The number of amidine groups is 1. The summed E-state index contributed by atoms with van der Waals surface area (Å²) in [7, 11) is 0. The molecule has 1 unspecified atom stereocenters. The largest absolute Gasteiger partial charge is 0.382 e. The van der Waals surface area contributed by atoms with Crippen LogP contribution in [0.1, 0.15) is 25.0 Å². The minimum absolute atomic E-state index is 0.237. The second kappa shape index (κ2) is 5.69. The zero-order chi connectivity index (χ0) is 15.7. The van der Waals surface area contributed by atoms with E-state index in [0.29, 0.717) is 5.84 Å². The Morgan fingerprint density at radius 1 is 0.955 bits per heavy atom. The maximum Gasteiger partial charge on any atom is 0.204 e. The fraction of sp³-hybridized carbons (Fsp3) is 0.222. The van der Waals surface area contributed by atoms with Gasteiger partial charge in [-0.1, -0.05) is 72.2 Å². The smallest absolute Gasteiger partial charge is 0.204 e. The SMILES string of the molecule is CC(C)C1=NC(c2ccccc2)(c2cccc(Br)c2)N=C1N. The number of nitrogens with two attached hydrogens (primary N) is 1. The van der Waals surface area contributed by atoms with Crippen molar-refractivity contribution in [2.24, 2.45) is 21.6 Å². The molecule has 0 fully saturated rings. The lowest BCUT2D eigenvalue weighted by Gasteiger charge is -2.24. The van der Waals surface area contributed by atoms with Crippen LogP contribution in [0.25, 0.3) is 0 Å². The van der Waals surface area contributed by atoms with Crippen LogP contribution in [0.4, 0.5) is 0 Å². The topological polar surface area (TPSA) is 50.7 Å². The number of aliphatic imine (C=N–C) groups is 2. The van der Waals surface area contributed by atoms with Crippen molar-refractivity contribution >= 4 is 27.5 Å². The van der Waals surface area contributed by atoms with Gasteiger partial charge in [-0.05, 0) is 18.1 Å². The quantitative estimate of drug-likeness (QED) is 0.884. The van der Waals surface area contributed by atoms with E-state index in [9.17, 15) is 0 Å². The molecule has 2 aromatic rings. The third-order valence-electron chi connectivity index (χ3n) is 3.78. The lowest BCUT2D eigenvalue weighted by atomic mass is 9.92. The Labute approximate surface area is 139 Å². The Hall–Kier alpha value is -1.94. The van der Waals surface area contributed by atoms with E-state index in [1.165, 1.54) is 0 Å². The first-order valence-corrected chi connectivity index (χ1v) is 8.09. The van der Waals surface area contributed by atoms with Crippen LogP contribution in [0.15, 0.2) is 69.1 Å². The number of rotatable bonds is 3. The van der Waals surface area contributed by atoms with Gasteiger partial charge in [0.25, 0.3) is 0 Å². The molecule has 2 aromatic carbocycles. The molecule has 0 spiro atoms. The molecule has 1 atom stereocenters. The molecule has 0 saturated heterocycles. The second-order valence-corrected chi connectivity index (χ2v) is 6.61. The monoisotopic (exact) mass is 355 g/mol. The Kier molecular flexibility index (Phi) is 3.87. The lowest BCUT2D eigenvalue weighted by molar-refractivity contribution is 0.584. The van der Waals surface area contributed by atoms with Crippen LogP contribution in [0.2, 0.25) is 0 Å². The summed E-state index contributed by atoms with van der Waals surface area (Å²) in [6.07, 6.45) is 0. The van der Waals surface area contributed by atoms with Gasteiger partial charge in [0.05, 0.1) is 5.71 Å². The van der Waals surface area contributed by atoms with Gasteiger partial charge in [-0.15, -0.1) is 0 Å². The van der Waals surface area contributed by atoms with Crippen LogP contribution >= 0.6 is 15.9 Å². The molecule has 0 amide bonds. The highest BCUT2D eigenvalue weighted by Gasteiger charge is 2.39. The van der Waals surface area contributed by atoms with Crippen LogP contribution in [-0.4, -0.2) is 11.5 Å². The van der Waals surface area contributed by atoms with E-state index in [0.717, 1.165) is 21.3 Å². The van der Waals surface area contributed by atoms with Crippen molar-refractivity contribution in [3.63, 3.8) is 0 Å². The Morgan fingerprint density at radius 2 is 1.64 bits per heavy atom. The van der Waals surface area contributed by atoms with Crippen molar-refractivity contribution in [2.45, 2.75) is 19.5 Å². The van der Waals surface area contributed by atoms with Crippen molar-refractivity contribution < 1.29 is 0 Å². The zero-order valence-corrected chi connectivity index (χ0v) is 14.2. The Morgan fingerprint density at radius 3 is 2.23 bits per heavy atom. The normalized spacial score (nSPS) is 20.9. The van der Waals surface area contributed by atoms with Gasteiger partial charge in [0, 0.05) is 15.6 Å². The van der Waals surface area contributed by atoms with Crippen LogP contribution in [0.3, 0.4) is 0 Å². The number of benzene rings is 2. The average molecular weight is 356 g/mol. The van der Waals surface area contributed by atoms with Crippen molar-refractivity contribution in [1.82, 2.24) is 0 Å². The summed E-state index contributed by atoms with van der Waals surface area (Å²) in [5.41, 5.74) is 8.28. The van der Waals surface area contributed by atoms with Gasteiger partial charge < -0.3 is 5.73 Å². The molecule has 0 radical (unpaired) electrons. The Balaban J connectivity index is 2.26. The summed E-state index contributed by atoms with van der Waals surface area (Å²) in [6, 6.07) is 18.2. The second-order valence-electron chi connectivity index (χ2n) is 5.70. The van der Waals surface area contributed by atoms with E-state index in [-0.39, 0.29) is 5.92 Å². The predicted molar refractivity (Wildman–Crippen MR) is 95.3 cm³/mol. The predicted octanol–water partition coefficient (Wildman–Crippen LogP) is 4.12. The molecule has 0 aliphatic carbocycles. The molecule has 4 heteroatoms. The summed E-state index contributed by atoms with van der Waals surface area (Å²) >= 11 is 3.54. The van der Waals surface area contributed by atoms with Crippen LogP contribution < -0.4 is 5.73 Å². The third-order valence-corrected chi connectivity index (χ3v) is 4.27. The molecule has 0 saturated carbocycles. The molecule has 3 rings (SSSR count). The average Bonchev–Trinajstić information content (AvgIpc) is 2.87. The molecule has 2 N–H and O–H groups in total. The van der Waals surface area contributed by atoms with E-state index < -0.39 is 5.66 Å². The molecule has 0 bridgehead atoms. The van der Waals surface area contributed by atoms with E-state index in [1.807, 2.05) is 48.5 Å². The van der Waals surface area contributed by atoms with Gasteiger partial charge in [0.15, 0.2) is 0 Å². The highest BCUT2D eigenvalue weighted by molar-refractivity contribution is 9.10. The number of hydrogen-bond acceptors (Lipinski definition) is 3. The molecular formula is C18H18BrN3. The summed E-state index contributed by atoms with van der Waals surface area (Å²) in [5, 5.41) is 0. The van der Waals surface area contributed by atoms with Crippen molar-refractivity contribution in [3.8, 4) is 0 Å². The molecule has 1 aliphatic rings. The molecule has 112 valence electrons. The van der Waals surface area contributed by atoms with E-state index in [4.69, 9.17) is 15.7 Å². The zero-order valence-electron chi connectivity index (χ0n) is 12.6. The first kappa shape index (κ1) is 15.0. The lowest BCUT2D eigenvalue weighted by Crippen LogP contribution is -2.25. The minimum atomic E-state index is -0.783. The number of halogens is 1. The summed E-state index contributed by atoms with van der Waals surface area (Å²) in [4.78, 5) is 9.72. The number of nitrogens with zero attached hydrogens (tertiary/aromatic N) is 2. The van der Waals surface area contributed by atoms with Gasteiger partial charge in [-0.25, -0.2) is 9.98 Å². The molecule has 1 heterocycles. The fourth-order valence-electron chi connectivity index (χ4n) is 2.71. The molecule has 1 aliphatic heterocycles. The number of hydrogen-bond donors (Lipinski definition) is 1. The van der Waals surface area contributed by atoms with E-state index >= 15 is 0 Å². The molecule has 22 heavy (non-hydrogen) atoms. The van der Waals surface area contributed by atoms with Crippen molar-refractivity contribution in [2.75, 3.05) is 0 Å². The highest BCUT2D eigenvalue weighted by Crippen LogP contribution is 2.39. The van der Waals surface area contributed by atoms with Crippen LogP contribution in [0.5, 0.6) is 0 Å². The first-order chi connectivity index (χ1) is 10.5. The van der Waals surface area contributed by atoms with Crippen molar-refractivity contribution in [1.29, 1.82) is 0 Å². The third kappa shape index (κ3) is 2.48. The van der Waals surface area contributed by atoms with E-state index in [1.54, 1.807) is 0 Å². The van der Waals surface area contributed by atoms with Gasteiger partial charge in [-0.2, -0.15) is 0 Å². The highest BCUT2D eigenvalue weighted by atomic mass is 79.9. The van der Waals surface area contributed by atoms with Gasteiger partial charge in [0.2, 0.25) is 5.66 Å². The summed E-state index contributed by atoms with van der Waals surface area (Å²) < 4.78 is 1.00. The van der Waals surface area contributed by atoms with E-state index in [2.05, 4.69) is 35.8 Å². The van der Waals surface area contributed by atoms with Gasteiger partial charge >= 0.3 is 0 Å². The molecule has 3 nitrogen and oxygen atoms in total. The fourth-order valence-corrected chi connectivity index (χ4v) is 3.11. The summed E-state index contributed by atoms with van der Waals surface area (Å²) in [6.45, 7) is 4.17. The minimum Gasteiger partial charge on any atom is -0.382 e. The first-order valence-electron chi connectivity index (χ1n) is 7.30. The maximum atomic E-state index is 6.18. The van der Waals surface area contributed by atoms with Gasteiger partial charge in [0.1, 0.15) is 5.84 Å². The summed E-state index contributed by atoms with van der Waals surface area (Å²) in [5.74, 6) is 0.764. The van der Waals surface area contributed by atoms with Gasteiger partial charge in [-0.3, -0.25) is 0 Å². The molecular weight excluding hydrogens is 338 g/mol. The van der Waals surface area contributed by atoms with Crippen LogP contribution in [0, 0.1) is 5.92 Å². The van der Waals surface area contributed by atoms with Crippen LogP contribution in [-0.2, 0) is 5.66 Å². The molecule has 0 aromatic heterocycles. The standard InChI is InChI=1S/C18H18BrN3/c1-12(2)16-17(20)22-18(21-16,13-7-4-3-5-8-13)14-9-6-10-15(19)11-14/h3-12H,1-2H3,(H2,20,22).